The molecule has 0 aliphatic rings. The van der Waals surface area contributed by atoms with Crippen LogP contribution < -0.4 is 4.72 Å². The first-order valence-corrected chi connectivity index (χ1v) is 8.17. The van der Waals surface area contributed by atoms with Gasteiger partial charge in [-0.3, -0.25) is 4.79 Å². The zero-order valence-electron chi connectivity index (χ0n) is 10.8. The molecule has 0 saturated carbocycles. The van der Waals surface area contributed by atoms with Crippen molar-refractivity contribution in [2.24, 2.45) is 5.41 Å². The van der Waals surface area contributed by atoms with Gasteiger partial charge >= 0.3 is 0 Å². The molecule has 4 nitrogen and oxygen atoms in total. The lowest BCUT2D eigenvalue weighted by molar-refractivity contribution is -0.125. The normalized spacial score (nSPS) is 12.5. The number of hydrogen-bond acceptors (Lipinski definition) is 3. The van der Waals surface area contributed by atoms with Crippen LogP contribution in [0, 0.1) is 5.41 Å². The topological polar surface area (TPSA) is 63.2 Å². The second-order valence-corrected chi connectivity index (χ2v) is 8.10. The molecule has 0 aliphatic heterocycles. The van der Waals surface area contributed by atoms with E-state index in [-0.39, 0.29) is 17.2 Å². The van der Waals surface area contributed by atoms with Gasteiger partial charge in [-0.05, 0) is 34.1 Å². The van der Waals surface area contributed by atoms with Crippen LogP contribution in [0.4, 0.5) is 0 Å². The lowest BCUT2D eigenvalue weighted by atomic mass is 9.91. The second-order valence-electron chi connectivity index (χ2n) is 5.07. The van der Waals surface area contributed by atoms with Crippen LogP contribution in [0.1, 0.15) is 20.8 Å². The van der Waals surface area contributed by atoms with Crippen LogP contribution in [-0.4, -0.2) is 20.7 Å². The van der Waals surface area contributed by atoms with Gasteiger partial charge in [-0.1, -0.05) is 32.4 Å². The minimum Gasteiger partial charge on any atom is -0.298 e. The van der Waals surface area contributed by atoms with Gasteiger partial charge in [-0.15, -0.1) is 0 Å². The third kappa shape index (κ3) is 4.56. The predicted octanol–water partition coefficient (Wildman–Crippen LogP) is 3.00. The maximum atomic E-state index is 12.0. The fourth-order valence-corrected chi connectivity index (χ4v) is 2.81. The third-order valence-electron chi connectivity index (χ3n) is 2.46. The van der Waals surface area contributed by atoms with E-state index in [0.29, 0.717) is 9.50 Å². The van der Waals surface area contributed by atoms with Gasteiger partial charge in [-0.2, -0.15) is 0 Å². The van der Waals surface area contributed by atoms with Gasteiger partial charge in [0, 0.05) is 9.89 Å². The molecule has 0 radical (unpaired) electrons. The molecule has 1 aromatic rings. The van der Waals surface area contributed by atoms with Crippen LogP contribution in [0.5, 0.6) is 0 Å². The molecular weight excluding hydrogens is 354 g/mol. The first kappa shape index (κ1) is 16.6. The number of carbonyl (C=O) groups is 1. The van der Waals surface area contributed by atoms with E-state index in [1.54, 1.807) is 20.8 Å². The minimum atomic E-state index is -3.71. The van der Waals surface area contributed by atoms with Gasteiger partial charge in [0.1, 0.15) is 0 Å². The van der Waals surface area contributed by atoms with Gasteiger partial charge in [0.2, 0.25) is 10.0 Å². The van der Waals surface area contributed by atoms with Crippen molar-refractivity contribution in [3.05, 3.63) is 27.7 Å². The standard InChI is InChI=1S/C12H15BrClNO3S/c1-12(2,3)11(16)7-15-19(17,18)8-4-5-10(14)9(13)6-8/h4-6,15H,7H2,1-3H3. The zero-order chi connectivity index (χ0) is 14.8. The van der Waals surface area contributed by atoms with Gasteiger partial charge < -0.3 is 0 Å². The summed E-state index contributed by atoms with van der Waals surface area (Å²) in [6, 6.07) is 4.26. The molecule has 1 N–H and O–H groups in total. The first-order chi connectivity index (χ1) is 8.54. The summed E-state index contributed by atoms with van der Waals surface area (Å²) < 4.78 is 26.8. The molecule has 0 bridgehead atoms. The molecule has 0 aromatic heterocycles. The van der Waals surface area contributed by atoms with Crippen LogP contribution >= 0.6 is 27.5 Å². The highest BCUT2D eigenvalue weighted by Gasteiger charge is 2.23. The summed E-state index contributed by atoms with van der Waals surface area (Å²) in [5.41, 5.74) is -0.580. The van der Waals surface area contributed by atoms with Gasteiger partial charge in [0.15, 0.2) is 5.78 Å². The lowest BCUT2D eigenvalue weighted by Crippen LogP contribution is -2.35. The number of rotatable bonds is 4. The fraction of sp³-hybridized carbons (Fsp3) is 0.417. The smallest absolute Gasteiger partial charge is 0.241 e. The Balaban J connectivity index is 2.88. The number of ketones is 1. The number of benzene rings is 1. The Kier molecular flexibility index (Phi) is 5.17. The maximum absolute atomic E-state index is 12.0. The molecule has 0 spiro atoms. The second kappa shape index (κ2) is 5.91. The van der Waals surface area contributed by atoms with Crippen molar-refractivity contribution in [2.45, 2.75) is 25.7 Å². The van der Waals surface area contributed by atoms with Crippen LogP contribution in [0.15, 0.2) is 27.6 Å². The Morgan fingerprint density at radius 3 is 2.42 bits per heavy atom. The molecule has 0 atom stereocenters. The van der Waals surface area contributed by atoms with E-state index in [2.05, 4.69) is 20.7 Å². The first-order valence-electron chi connectivity index (χ1n) is 5.52. The highest BCUT2D eigenvalue weighted by atomic mass is 79.9. The summed E-state index contributed by atoms with van der Waals surface area (Å²) in [5.74, 6) is -0.177. The van der Waals surface area contributed by atoms with E-state index in [0.717, 1.165) is 0 Å². The van der Waals surface area contributed by atoms with E-state index in [9.17, 15) is 13.2 Å². The molecule has 1 rings (SSSR count). The van der Waals surface area contributed by atoms with Crippen molar-refractivity contribution in [2.75, 3.05) is 6.54 Å². The van der Waals surface area contributed by atoms with E-state index in [1.807, 2.05) is 0 Å². The Labute approximate surface area is 126 Å². The van der Waals surface area contributed by atoms with Crippen molar-refractivity contribution in [1.82, 2.24) is 4.72 Å². The predicted molar refractivity (Wildman–Crippen MR) is 78.8 cm³/mol. The lowest BCUT2D eigenvalue weighted by Gasteiger charge is -2.16. The molecule has 0 unspecified atom stereocenters. The number of carbonyl (C=O) groups excluding carboxylic acids is 1. The molecule has 0 saturated heterocycles. The van der Waals surface area contributed by atoms with Gasteiger partial charge in [0.25, 0.3) is 0 Å². The van der Waals surface area contributed by atoms with Crippen molar-refractivity contribution in [3.63, 3.8) is 0 Å². The molecule has 0 amide bonds. The van der Waals surface area contributed by atoms with Crippen molar-refractivity contribution in [1.29, 1.82) is 0 Å². The van der Waals surface area contributed by atoms with Crippen LogP contribution in [0.3, 0.4) is 0 Å². The summed E-state index contributed by atoms with van der Waals surface area (Å²) in [7, 11) is -3.71. The Hall–Kier alpha value is -0.430. The third-order valence-corrected chi connectivity index (χ3v) is 5.07. The van der Waals surface area contributed by atoms with Crippen molar-refractivity contribution < 1.29 is 13.2 Å². The highest BCUT2D eigenvalue weighted by molar-refractivity contribution is 9.10. The van der Waals surface area contributed by atoms with E-state index in [4.69, 9.17) is 11.6 Å². The molecule has 19 heavy (non-hydrogen) atoms. The Morgan fingerprint density at radius 2 is 1.95 bits per heavy atom. The summed E-state index contributed by atoms with van der Waals surface area (Å²) in [6.07, 6.45) is 0. The van der Waals surface area contributed by atoms with Gasteiger partial charge in [-0.25, -0.2) is 13.1 Å². The molecule has 106 valence electrons. The molecular formula is C12H15BrClNO3S. The Morgan fingerprint density at radius 1 is 1.37 bits per heavy atom. The number of nitrogens with one attached hydrogen (secondary N) is 1. The molecule has 0 fully saturated rings. The molecule has 7 heteroatoms. The highest BCUT2D eigenvalue weighted by Crippen LogP contribution is 2.25. The number of Topliss-reactive ketones (excluding diaryl/α,β-unsaturated/α-hetero) is 1. The summed E-state index contributed by atoms with van der Waals surface area (Å²) in [5, 5.41) is 0.421. The van der Waals surface area contributed by atoms with Crippen LogP contribution in [0.25, 0.3) is 0 Å². The Bertz CT molecular complexity index is 593. The summed E-state index contributed by atoms with van der Waals surface area (Å²) >= 11 is 8.96. The van der Waals surface area contributed by atoms with E-state index in [1.165, 1.54) is 18.2 Å². The van der Waals surface area contributed by atoms with Crippen LogP contribution in [-0.2, 0) is 14.8 Å². The monoisotopic (exact) mass is 367 g/mol. The average Bonchev–Trinajstić information content (AvgIpc) is 2.28. The van der Waals surface area contributed by atoms with Crippen molar-refractivity contribution in [3.8, 4) is 0 Å². The van der Waals surface area contributed by atoms with E-state index < -0.39 is 15.4 Å². The number of halogens is 2. The summed E-state index contributed by atoms with van der Waals surface area (Å²) in [6.45, 7) is 4.99. The maximum Gasteiger partial charge on any atom is 0.241 e. The quantitative estimate of drug-likeness (QED) is 0.888. The van der Waals surface area contributed by atoms with Gasteiger partial charge in [0.05, 0.1) is 16.5 Å². The fourth-order valence-electron chi connectivity index (χ4n) is 1.15. The molecule has 1 aromatic carbocycles. The number of sulfonamides is 1. The van der Waals surface area contributed by atoms with Crippen LogP contribution in [0.2, 0.25) is 5.02 Å². The van der Waals surface area contributed by atoms with E-state index >= 15 is 0 Å². The molecule has 0 aliphatic carbocycles. The SMILES string of the molecule is CC(C)(C)C(=O)CNS(=O)(=O)c1ccc(Cl)c(Br)c1. The zero-order valence-corrected chi connectivity index (χ0v) is 14.0. The van der Waals surface area contributed by atoms with Crippen molar-refractivity contribution >= 4 is 43.3 Å². The molecule has 0 heterocycles. The largest absolute Gasteiger partial charge is 0.298 e. The number of hydrogen-bond donors (Lipinski definition) is 1. The average molecular weight is 369 g/mol. The minimum absolute atomic E-state index is 0.0606. The summed E-state index contributed by atoms with van der Waals surface area (Å²) in [4.78, 5) is 11.8.